The monoisotopic (exact) mass is 343 g/mol. The van der Waals surface area contributed by atoms with Crippen LogP contribution < -0.4 is 10.7 Å². The van der Waals surface area contributed by atoms with E-state index in [2.05, 4.69) is 22.7 Å². The van der Waals surface area contributed by atoms with Crippen LogP contribution in [0.1, 0.15) is 19.4 Å². The van der Waals surface area contributed by atoms with E-state index in [1.165, 1.54) is 11.9 Å². The number of hydrogen-bond acceptors (Lipinski definition) is 4. The first-order valence-corrected chi connectivity index (χ1v) is 8.75. The highest BCUT2D eigenvalue weighted by atomic mass is 32.2. The molecule has 0 spiro atoms. The Morgan fingerprint density at radius 2 is 2.04 bits per heavy atom. The standard InChI is InChI=1S/C18H21N3O2S/c1-3-13(11-23-2)21-10-15(12-4-6-14(24-19)7-5-12)17-16(21)8-9-20-18(17)22/h4-10,13H,3,11,19H2,1-2H3,(H,20,22). The van der Waals surface area contributed by atoms with Gasteiger partial charge < -0.3 is 14.3 Å². The van der Waals surface area contributed by atoms with Crippen LogP contribution >= 0.6 is 11.9 Å². The molecule has 1 atom stereocenters. The van der Waals surface area contributed by atoms with Crippen molar-refractivity contribution >= 4 is 22.9 Å². The Balaban J connectivity index is 2.22. The summed E-state index contributed by atoms with van der Waals surface area (Å²) in [6.07, 6.45) is 4.67. The van der Waals surface area contributed by atoms with E-state index in [0.29, 0.717) is 12.0 Å². The summed E-state index contributed by atoms with van der Waals surface area (Å²) in [6.45, 7) is 2.73. The first kappa shape index (κ1) is 16.8. The zero-order valence-corrected chi connectivity index (χ0v) is 14.6. The SMILES string of the molecule is CCC(COC)n1cc(-c2ccc(SN)cc2)c2c(=O)[nH]ccc21. The summed E-state index contributed by atoms with van der Waals surface area (Å²) in [7, 11) is 1.70. The number of fused-ring (bicyclic) bond motifs is 1. The summed E-state index contributed by atoms with van der Waals surface area (Å²) in [4.78, 5) is 16.2. The fourth-order valence-corrected chi connectivity index (χ4v) is 3.33. The highest BCUT2D eigenvalue weighted by Gasteiger charge is 2.18. The maximum atomic E-state index is 12.5. The molecule has 24 heavy (non-hydrogen) atoms. The normalized spacial score (nSPS) is 12.6. The lowest BCUT2D eigenvalue weighted by Gasteiger charge is -2.17. The molecule has 3 aromatic rings. The number of nitrogens with two attached hydrogens (primary N) is 1. The zero-order valence-electron chi connectivity index (χ0n) is 13.8. The van der Waals surface area contributed by atoms with E-state index < -0.39 is 0 Å². The van der Waals surface area contributed by atoms with Crippen molar-refractivity contribution in [2.75, 3.05) is 13.7 Å². The molecule has 1 unspecified atom stereocenters. The van der Waals surface area contributed by atoms with E-state index in [1.807, 2.05) is 30.3 Å². The number of methoxy groups -OCH3 is 1. The van der Waals surface area contributed by atoms with E-state index in [-0.39, 0.29) is 11.6 Å². The molecule has 1 aromatic carbocycles. The van der Waals surface area contributed by atoms with Crippen LogP contribution in [0, 0.1) is 0 Å². The molecule has 0 radical (unpaired) electrons. The molecule has 0 saturated heterocycles. The quantitative estimate of drug-likeness (QED) is 0.671. The first-order chi connectivity index (χ1) is 11.7. The molecule has 126 valence electrons. The molecule has 0 aliphatic rings. The third kappa shape index (κ3) is 3.00. The first-order valence-electron chi connectivity index (χ1n) is 7.88. The molecule has 0 saturated carbocycles. The van der Waals surface area contributed by atoms with Crippen LogP contribution in [0.4, 0.5) is 0 Å². The van der Waals surface area contributed by atoms with Crippen molar-refractivity contribution in [3.63, 3.8) is 0 Å². The van der Waals surface area contributed by atoms with Crippen LogP contribution in [0.2, 0.25) is 0 Å². The molecule has 5 nitrogen and oxygen atoms in total. The summed E-state index contributed by atoms with van der Waals surface area (Å²) in [5, 5.41) is 6.30. The molecule has 3 N–H and O–H groups in total. The number of H-pyrrole nitrogens is 1. The van der Waals surface area contributed by atoms with Gasteiger partial charge in [-0.15, -0.1) is 0 Å². The molecule has 2 aromatic heterocycles. The lowest BCUT2D eigenvalue weighted by Crippen LogP contribution is -2.13. The molecule has 6 heteroatoms. The van der Waals surface area contributed by atoms with E-state index in [4.69, 9.17) is 9.88 Å². The number of aromatic nitrogens is 2. The summed E-state index contributed by atoms with van der Waals surface area (Å²) in [5.41, 5.74) is 2.77. The van der Waals surface area contributed by atoms with Gasteiger partial charge in [-0.1, -0.05) is 19.1 Å². The van der Waals surface area contributed by atoms with Crippen molar-refractivity contribution in [2.45, 2.75) is 24.3 Å². The highest BCUT2D eigenvalue weighted by molar-refractivity contribution is 7.97. The minimum absolute atomic E-state index is 0.0780. The van der Waals surface area contributed by atoms with Crippen LogP contribution in [-0.4, -0.2) is 23.3 Å². The van der Waals surface area contributed by atoms with Gasteiger partial charge in [0, 0.05) is 30.0 Å². The Bertz CT molecular complexity index is 883. The van der Waals surface area contributed by atoms with Gasteiger partial charge in [0.15, 0.2) is 0 Å². The molecule has 0 amide bonds. The van der Waals surface area contributed by atoms with Gasteiger partial charge in [0.05, 0.1) is 23.6 Å². The second-order valence-electron chi connectivity index (χ2n) is 5.68. The van der Waals surface area contributed by atoms with Crippen LogP contribution in [-0.2, 0) is 4.74 Å². The van der Waals surface area contributed by atoms with Crippen molar-refractivity contribution in [3.8, 4) is 11.1 Å². The predicted octanol–water partition coefficient (Wildman–Crippen LogP) is 3.56. The summed E-state index contributed by atoms with van der Waals surface area (Å²) < 4.78 is 7.50. The van der Waals surface area contributed by atoms with E-state index >= 15 is 0 Å². The largest absolute Gasteiger partial charge is 0.383 e. The number of aromatic amines is 1. The minimum atomic E-state index is -0.0780. The number of nitrogens with one attached hydrogen (secondary N) is 1. The van der Waals surface area contributed by atoms with Gasteiger partial charge in [0.25, 0.3) is 5.56 Å². The average Bonchev–Trinajstić information content (AvgIpc) is 3.00. The Hall–Kier alpha value is -2.02. The summed E-state index contributed by atoms with van der Waals surface area (Å²) in [5.74, 6) is 0. The Labute approximate surface area is 145 Å². The van der Waals surface area contributed by atoms with Gasteiger partial charge in [0.2, 0.25) is 0 Å². The molecule has 2 heterocycles. The third-order valence-corrected chi connectivity index (χ3v) is 4.82. The van der Waals surface area contributed by atoms with Gasteiger partial charge in [-0.2, -0.15) is 0 Å². The molecule has 0 aliphatic heterocycles. The summed E-state index contributed by atoms with van der Waals surface area (Å²) in [6, 6.07) is 10.1. The minimum Gasteiger partial charge on any atom is -0.383 e. The second-order valence-corrected chi connectivity index (χ2v) is 6.38. The Morgan fingerprint density at radius 1 is 1.29 bits per heavy atom. The number of ether oxygens (including phenoxy) is 1. The van der Waals surface area contributed by atoms with E-state index in [9.17, 15) is 4.79 Å². The van der Waals surface area contributed by atoms with E-state index in [1.54, 1.807) is 13.3 Å². The number of pyridine rings is 1. The lowest BCUT2D eigenvalue weighted by molar-refractivity contribution is 0.155. The fourth-order valence-electron chi connectivity index (χ4n) is 3.04. The molecule has 0 bridgehead atoms. The zero-order chi connectivity index (χ0) is 17.1. The maximum Gasteiger partial charge on any atom is 0.258 e. The number of benzene rings is 1. The van der Waals surface area contributed by atoms with Crippen LogP contribution in [0.25, 0.3) is 22.0 Å². The van der Waals surface area contributed by atoms with Gasteiger partial charge in [-0.3, -0.25) is 9.93 Å². The third-order valence-electron chi connectivity index (χ3n) is 4.28. The van der Waals surface area contributed by atoms with Crippen molar-refractivity contribution < 1.29 is 4.74 Å². The predicted molar refractivity (Wildman–Crippen MR) is 99.2 cm³/mol. The van der Waals surface area contributed by atoms with E-state index in [0.717, 1.165) is 28.0 Å². The van der Waals surface area contributed by atoms with Crippen molar-refractivity contribution in [1.29, 1.82) is 0 Å². The topological polar surface area (TPSA) is 73.0 Å². The Morgan fingerprint density at radius 3 is 2.67 bits per heavy atom. The van der Waals surface area contributed by atoms with Crippen molar-refractivity contribution in [3.05, 3.63) is 53.1 Å². The fraction of sp³-hybridized carbons (Fsp3) is 0.278. The Kier molecular flexibility index (Phi) is 5.08. The van der Waals surface area contributed by atoms with Crippen LogP contribution in [0.3, 0.4) is 0 Å². The second kappa shape index (κ2) is 7.25. The van der Waals surface area contributed by atoms with Gasteiger partial charge >= 0.3 is 0 Å². The number of hydrogen-bond donors (Lipinski definition) is 2. The van der Waals surface area contributed by atoms with Gasteiger partial charge in [-0.05, 0) is 42.1 Å². The molecule has 0 aliphatic carbocycles. The molecule has 3 rings (SSSR count). The highest BCUT2D eigenvalue weighted by Crippen LogP contribution is 2.32. The van der Waals surface area contributed by atoms with Crippen LogP contribution in [0.15, 0.2) is 52.4 Å². The molecular formula is C18H21N3O2S. The average molecular weight is 343 g/mol. The number of rotatable bonds is 6. The van der Waals surface area contributed by atoms with Crippen LogP contribution in [0.5, 0.6) is 0 Å². The van der Waals surface area contributed by atoms with Gasteiger partial charge in [-0.25, -0.2) is 0 Å². The molecule has 0 fully saturated rings. The van der Waals surface area contributed by atoms with Gasteiger partial charge in [0.1, 0.15) is 0 Å². The number of nitrogens with zero attached hydrogens (tertiary/aromatic N) is 1. The summed E-state index contributed by atoms with van der Waals surface area (Å²) >= 11 is 1.21. The smallest absolute Gasteiger partial charge is 0.258 e. The lowest BCUT2D eigenvalue weighted by atomic mass is 10.1. The molecular weight excluding hydrogens is 322 g/mol. The maximum absolute atomic E-state index is 12.5. The van der Waals surface area contributed by atoms with Crippen molar-refractivity contribution in [1.82, 2.24) is 9.55 Å². The van der Waals surface area contributed by atoms with Crippen molar-refractivity contribution in [2.24, 2.45) is 5.14 Å².